The van der Waals surface area contributed by atoms with Gasteiger partial charge in [-0.2, -0.15) is 0 Å². The zero-order valence-corrected chi connectivity index (χ0v) is 18.7. The summed E-state index contributed by atoms with van der Waals surface area (Å²) < 4.78 is 11.2. The minimum Gasteiger partial charge on any atom is -0.490 e. The lowest BCUT2D eigenvalue weighted by molar-refractivity contribution is -0.122. The zero-order chi connectivity index (χ0) is 22.9. The van der Waals surface area contributed by atoms with Crippen LogP contribution < -0.4 is 20.5 Å². The average molecular weight is 438 g/mol. The molecular formula is C25H31N3O4. The molecule has 3 rings (SSSR count). The summed E-state index contributed by atoms with van der Waals surface area (Å²) in [6, 6.07) is 12.9. The van der Waals surface area contributed by atoms with Crippen LogP contribution in [0, 0.1) is 0 Å². The van der Waals surface area contributed by atoms with E-state index in [1.807, 2.05) is 56.3 Å². The smallest absolute Gasteiger partial charge is 0.248 e. The van der Waals surface area contributed by atoms with E-state index in [-0.39, 0.29) is 17.9 Å². The molecule has 3 N–H and O–H groups in total. The van der Waals surface area contributed by atoms with Gasteiger partial charge in [-0.3, -0.25) is 14.5 Å². The molecule has 0 aliphatic carbocycles. The van der Waals surface area contributed by atoms with Crippen LogP contribution in [0.15, 0.2) is 48.5 Å². The van der Waals surface area contributed by atoms with Crippen LogP contribution in [0.3, 0.4) is 0 Å². The first kappa shape index (κ1) is 23.3. The van der Waals surface area contributed by atoms with Gasteiger partial charge in [-0.15, -0.1) is 0 Å². The number of para-hydroxylation sites is 1. The number of likely N-dealkylation sites (tertiary alicyclic amines) is 1. The van der Waals surface area contributed by atoms with Gasteiger partial charge in [0.25, 0.3) is 0 Å². The van der Waals surface area contributed by atoms with Crippen molar-refractivity contribution in [2.75, 3.05) is 25.1 Å². The van der Waals surface area contributed by atoms with Crippen LogP contribution in [-0.4, -0.2) is 42.5 Å². The number of benzene rings is 2. The Morgan fingerprint density at radius 1 is 1.12 bits per heavy atom. The third kappa shape index (κ3) is 6.11. The Morgan fingerprint density at radius 2 is 1.88 bits per heavy atom. The second kappa shape index (κ2) is 11.3. The number of hydrogen-bond acceptors (Lipinski definition) is 5. The molecule has 1 heterocycles. The highest BCUT2D eigenvalue weighted by Crippen LogP contribution is 2.29. The van der Waals surface area contributed by atoms with Gasteiger partial charge in [0, 0.05) is 18.3 Å². The fraction of sp³-hybridized carbons (Fsp3) is 0.360. The Morgan fingerprint density at radius 3 is 2.62 bits per heavy atom. The van der Waals surface area contributed by atoms with Crippen LogP contribution in [0.2, 0.25) is 0 Å². The lowest BCUT2D eigenvalue weighted by Gasteiger charge is -2.23. The van der Waals surface area contributed by atoms with Crippen molar-refractivity contribution in [3.63, 3.8) is 0 Å². The highest BCUT2D eigenvalue weighted by Gasteiger charge is 2.29. The van der Waals surface area contributed by atoms with Gasteiger partial charge in [0.1, 0.15) is 0 Å². The molecule has 1 atom stereocenters. The van der Waals surface area contributed by atoms with Crippen molar-refractivity contribution < 1.29 is 19.1 Å². The van der Waals surface area contributed by atoms with Crippen LogP contribution in [0.25, 0.3) is 6.08 Å². The van der Waals surface area contributed by atoms with Crippen molar-refractivity contribution in [2.24, 2.45) is 5.73 Å². The van der Waals surface area contributed by atoms with E-state index in [9.17, 15) is 9.59 Å². The number of nitrogens with zero attached hydrogens (tertiary/aromatic N) is 1. The molecule has 1 aliphatic heterocycles. The first-order valence-corrected chi connectivity index (χ1v) is 11.0. The van der Waals surface area contributed by atoms with Crippen molar-refractivity contribution in [3.05, 3.63) is 59.7 Å². The van der Waals surface area contributed by atoms with E-state index in [1.54, 1.807) is 6.08 Å². The molecule has 7 heteroatoms. The quantitative estimate of drug-likeness (QED) is 0.554. The highest BCUT2D eigenvalue weighted by molar-refractivity contribution is 6.02. The van der Waals surface area contributed by atoms with E-state index >= 15 is 0 Å². The average Bonchev–Trinajstić information content (AvgIpc) is 3.24. The van der Waals surface area contributed by atoms with Gasteiger partial charge in [0.2, 0.25) is 11.8 Å². The van der Waals surface area contributed by atoms with Gasteiger partial charge in [-0.05, 0) is 68.6 Å². The summed E-state index contributed by atoms with van der Waals surface area (Å²) in [5.74, 6) is 0.795. The van der Waals surface area contributed by atoms with Crippen LogP contribution in [0.4, 0.5) is 5.69 Å². The lowest BCUT2D eigenvalue weighted by Crippen LogP contribution is -2.39. The van der Waals surface area contributed by atoms with E-state index in [2.05, 4.69) is 10.2 Å². The largest absolute Gasteiger partial charge is 0.490 e. The highest BCUT2D eigenvalue weighted by atomic mass is 16.5. The van der Waals surface area contributed by atoms with Crippen LogP contribution in [-0.2, 0) is 16.1 Å². The van der Waals surface area contributed by atoms with E-state index in [0.29, 0.717) is 31.3 Å². The van der Waals surface area contributed by atoms with E-state index in [4.69, 9.17) is 15.2 Å². The molecule has 1 saturated heterocycles. The molecule has 1 unspecified atom stereocenters. The fourth-order valence-electron chi connectivity index (χ4n) is 3.85. The molecule has 0 aromatic heterocycles. The Kier molecular flexibility index (Phi) is 8.27. The zero-order valence-electron chi connectivity index (χ0n) is 18.7. The van der Waals surface area contributed by atoms with Crippen molar-refractivity contribution in [3.8, 4) is 11.5 Å². The number of rotatable bonds is 10. The molecule has 1 aliphatic rings. The third-order valence-electron chi connectivity index (χ3n) is 5.34. The maximum Gasteiger partial charge on any atom is 0.248 e. The lowest BCUT2D eigenvalue weighted by atomic mass is 10.1. The number of hydrogen-bond donors (Lipinski definition) is 2. The number of carbonyl (C=O) groups is 2. The van der Waals surface area contributed by atoms with Crippen molar-refractivity contribution in [1.29, 1.82) is 0 Å². The SMILES string of the molecule is CCOc1ccc(/C=C/C(=O)Nc2ccccc2CN2CCCC2C(N)=O)cc1OCC. The Bertz CT molecular complexity index is 973. The Balaban J connectivity index is 1.68. The molecule has 2 aromatic rings. The molecule has 0 radical (unpaired) electrons. The minimum atomic E-state index is -0.297. The number of amides is 2. The van der Waals surface area contributed by atoms with Gasteiger partial charge in [-0.25, -0.2) is 0 Å². The van der Waals surface area contributed by atoms with Crippen molar-refractivity contribution >= 4 is 23.6 Å². The fourth-order valence-corrected chi connectivity index (χ4v) is 3.85. The molecule has 2 aromatic carbocycles. The van der Waals surface area contributed by atoms with E-state index in [1.165, 1.54) is 6.08 Å². The van der Waals surface area contributed by atoms with E-state index < -0.39 is 0 Å². The normalized spacial score (nSPS) is 16.2. The number of ether oxygens (including phenoxy) is 2. The number of nitrogens with one attached hydrogen (secondary N) is 1. The summed E-state index contributed by atoms with van der Waals surface area (Å²) in [5, 5.41) is 2.95. The summed E-state index contributed by atoms with van der Waals surface area (Å²) >= 11 is 0. The minimum absolute atomic E-state index is 0.239. The number of nitrogens with two attached hydrogens (primary N) is 1. The summed E-state index contributed by atoms with van der Waals surface area (Å²) in [4.78, 5) is 26.3. The van der Waals surface area contributed by atoms with Crippen molar-refractivity contribution in [2.45, 2.75) is 39.3 Å². The molecule has 1 fully saturated rings. The van der Waals surface area contributed by atoms with Gasteiger partial charge in [0.05, 0.1) is 19.3 Å². The van der Waals surface area contributed by atoms with E-state index in [0.717, 1.165) is 36.2 Å². The topological polar surface area (TPSA) is 93.9 Å². The molecule has 7 nitrogen and oxygen atoms in total. The molecule has 170 valence electrons. The monoisotopic (exact) mass is 437 g/mol. The standard InChI is InChI=1S/C25H31N3O4/c1-3-31-22-13-11-18(16-23(22)32-4-2)12-14-24(29)27-20-9-6-5-8-19(20)17-28-15-7-10-21(28)25(26)30/h5-6,8-9,11-14,16,21H,3-4,7,10,15,17H2,1-2H3,(H2,26,30)(H,27,29)/b14-12+. The number of carbonyl (C=O) groups excluding carboxylic acids is 2. The molecule has 0 saturated carbocycles. The maximum absolute atomic E-state index is 12.6. The molecule has 32 heavy (non-hydrogen) atoms. The summed E-state index contributed by atoms with van der Waals surface area (Å²) in [7, 11) is 0. The first-order chi connectivity index (χ1) is 15.5. The molecule has 0 spiro atoms. The Labute approximate surface area is 189 Å². The second-order valence-electron chi connectivity index (χ2n) is 7.58. The molecule has 0 bridgehead atoms. The van der Waals surface area contributed by atoms with Crippen molar-refractivity contribution in [1.82, 2.24) is 4.90 Å². The number of primary amides is 1. The maximum atomic E-state index is 12.6. The Hall–Kier alpha value is -3.32. The first-order valence-electron chi connectivity index (χ1n) is 11.0. The predicted molar refractivity (Wildman–Crippen MR) is 126 cm³/mol. The third-order valence-corrected chi connectivity index (χ3v) is 5.34. The predicted octanol–water partition coefficient (Wildman–Crippen LogP) is 3.59. The van der Waals surface area contributed by atoms with Gasteiger partial charge >= 0.3 is 0 Å². The van der Waals surface area contributed by atoms with Crippen LogP contribution in [0.1, 0.15) is 37.8 Å². The molecule has 2 amide bonds. The van der Waals surface area contributed by atoms with Gasteiger partial charge in [-0.1, -0.05) is 24.3 Å². The molecular weight excluding hydrogens is 406 g/mol. The number of anilines is 1. The summed E-state index contributed by atoms with van der Waals surface area (Å²) in [5.41, 5.74) is 8.04. The van der Waals surface area contributed by atoms with Gasteiger partial charge in [0.15, 0.2) is 11.5 Å². The van der Waals surface area contributed by atoms with Crippen LogP contribution in [0.5, 0.6) is 11.5 Å². The summed E-state index contributed by atoms with van der Waals surface area (Å²) in [6.07, 6.45) is 4.94. The van der Waals surface area contributed by atoms with Crippen LogP contribution >= 0.6 is 0 Å². The second-order valence-corrected chi connectivity index (χ2v) is 7.58. The summed E-state index contributed by atoms with van der Waals surface area (Å²) in [6.45, 7) is 6.29. The van der Waals surface area contributed by atoms with Gasteiger partial charge < -0.3 is 20.5 Å².